The second kappa shape index (κ2) is 7.06. The van der Waals surface area contributed by atoms with E-state index in [1.165, 1.54) is 0 Å². The molecule has 3 rings (SSSR count). The number of thiophene rings is 1. The third kappa shape index (κ3) is 3.45. The molecule has 3 heterocycles. The topological polar surface area (TPSA) is 61.0 Å². The van der Waals surface area contributed by atoms with E-state index in [4.69, 9.17) is 0 Å². The molecular weight excluding hydrogens is 308 g/mol. The summed E-state index contributed by atoms with van der Waals surface area (Å²) in [6.45, 7) is 1.59. The Hall–Kier alpha value is -1.37. The van der Waals surface area contributed by atoms with Crippen LogP contribution in [-0.4, -0.2) is 47.2 Å². The molecule has 114 valence electrons. The molecule has 7 heteroatoms. The van der Waals surface area contributed by atoms with Crippen LogP contribution in [0.4, 0.5) is 0 Å². The van der Waals surface area contributed by atoms with E-state index in [1.807, 2.05) is 35.5 Å². The third-order valence-electron chi connectivity index (χ3n) is 3.77. The van der Waals surface area contributed by atoms with Crippen molar-refractivity contribution in [3.05, 3.63) is 29.3 Å². The lowest BCUT2D eigenvalue weighted by molar-refractivity contribution is 0.0701. The van der Waals surface area contributed by atoms with Gasteiger partial charge in [0.25, 0.3) is 5.91 Å². The number of rotatable bonds is 3. The molecule has 21 heavy (non-hydrogen) atoms. The first kappa shape index (κ1) is 16.0. The van der Waals surface area contributed by atoms with Gasteiger partial charge in [-0.2, -0.15) is 5.10 Å². The Bertz CT molecular complexity index is 576. The van der Waals surface area contributed by atoms with Crippen molar-refractivity contribution in [3.63, 3.8) is 0 Å². The molecule has 2 N–H and O–H groups in total. The molecule has 0 bridgehead atoms. The van der Waals surface area contributed by atoms with Gasteiger partial charge in [0.15, 0.2) is 5.69 Å². The van der Waals surface area contributed by atoms with Crippen molar-refractivity contribution in [3.8, 4) is 10.6 Å². The fourth-order valence-electron chi connectivity index (χ4n) is 2.52. The van der Waals surface area contributed by atoms with Crippen LogP contribution in [0.1, 0.15) is 23.3 Å². The molecule has 2 aromatic rings. The summed E-state index contributed by atoms with van der Waals surface area (Å²) in [6, 6.07) is 6.38. The number of likely N-dealkylation sites (tertiary alicyclic amines) is 1. The van der Waals surface area contributed by atoms with Gasteiger partial charge < -0.3 is 10.2 Å². The van der Waals surface area contributed by atoms with Gasteiger partial charge in [-0.1, -0.05) is 6.07 Å². The summed E-state index contributed by atoms with van der Waals surface area (Å²) in [5.41, 5.74) is 1.42. The number of amides is 1. The van der Waals surface area contributed by atoms with Crippen molar-refractivity contribution in [1.82, 2.24) is 20.4 Å². The van der Waals surface area contributed by atoms with Crippen LogP contribution < -0.4 is 5.32 Å². The number of hydrogen-bond donors (Lipinski definition) is 2. The Labute approximate surface area is 134 Å². The summed E-state index contributed by atoms with van der Waals surface area (Å²) in [5.74, 6) is 0.0265. The largest absolute Gasteiger partial charge is 0.337 e. The highest BCUT2D eigenvalue weighted by Crippen LogP contribution is 2.23. The molecule has 5 nitrogen and oxygen atoms in total. The predicted octanol–water partition coefficient (Wildman–Crippen LogP) is 2.38. The lowest BCUT2D eigenvalue weighted by Gasteiger charge is -2.31. The van der Waals surface area contributed by atoms with Crippen LogP contribution in [0.3, 0.4) is 0 Å². The van der Waals surface area contributed by atoms with Gasteiger partial charge >= 0.3 is 0 Å². The number of carbonyl (C=O) groups is 1. The normalized spacial score (nSPS) is 15.8. The van der Waals surface area contributed by atoms with Crippen molar-refractivity contribution in [2.45, 2.75) is 18.9 Å². The smallest absolute Gasteiger partial charge is 0.274 e. The lowest BCUT2D eigenvalue weighted by atomic mass is 10.1. The number of aromatic nitrogens is 2. The Balaban J connectivity index is 0.00000161. The van der Waals surface area contributed by atoms with Gasteiger partial charge in [0, 0.05) is 19.1 Å². The van der Waals surface area contributed by atoms with Crippen LogP contribution >= 0.6 is 23.7 Å². The maximum absolute atomic E-state index is 12.4. The summed E-state index contributed by atoms with van der Waals surface area (Å²) in [4.78, 5) is 15.4. The van der Waals surface area contributed by atoms with Gasteiger partial charge in [-0.3, -0.25) is 9.89 Å². The van der Waals surface area contributed by atoms with Crippen molar-refractivity contribution in [1.29, 1.82) is 0 Å². The summed E-state index contributed by atoms with van der Waals surface area (Å²) < 4.78 is 0. The van der Waals surface area contributed by atoms with Gasteiger partial charge in [0.05, 0.1) is 10.6 Å². The monoisotopic (exact) mass is 326 g/mol. The van der Waals surface area contributed by atoms with Crippen LogP contribution in [-0.2, 0) is 0 Å². The molecule has 0 radical (unpaired) electrons. The Kier molecular flexibility index (Phi) is 5.39. The first-order chi connectivity index (χ1) is 9.78. The van der Waals surface area contributed by atoms with E-state index >= 15 is 0 Å². The average Bonchev–Trinajstić information content (AvgIpc) is 3.17. The summed E-state index contributed by atoms with van der Waals surface area (Å²) >= 11 is 1.64. The minimum absolute atomic E-state index is 0. The quantitative estimate of drug-likeness (QED) is 0.910. The maximum Gasteiger partial charge on any atom is 0.274 e. The molecule has 0 saturated carbocycles. The van der Waals surface area contributed by atoms with E-state index in [0.29, 0.717) is 11.7 Å². The van der Waals surface area contributed by atoms with Gasteiger partial charge in [-0.15, -0.1) is 23.7 Å². The van der Waals surface area contributed by atoms with Crippen LogP contribution in [0.25, 0.3) is 10.6 Å². The van der Waals surface area contributed by atoms with Crippen LogP contribution in [0.2, 0.25) is 0 Å². The van der Waals surface area contributed by atoms with Crippen molar-refractivity contribution < 1.29 is 4.79 Å². The summed E-state index contributed by atoms with van der Waals surface area (Å²) in [7, 11) is 1.98. The number of nitrogens with zero attached hydrogens (tertiary/aromatic N) is 2. The van der Waals surface area contributed by atoms with Gasteiger partial charge in [-0.25, -0.2) is 0 Å². The highest BCUT2D eigenvalue weighted by Gasteiger charge is 2.24. The van der Waals surface area contributed by atoms with E-state index in [1.54, 1.807) is 11.3 Å². The lowest BCUT2D eigenvalue weighted by Crippen LogP contribution is -2.44. The highest BCUT2D eigenvalue weighted by atomic mass is 35.5. The summed E-state index contributed by atoms with van der Waals surface area (Å²) in [5, 5.41) is 12.4. The Morgan fingerprint density at radius 2 is 2.24 bits per heavy atom. The molecule has 1 amide bonds. The van der Waals surface area contributed by atoms with E-state index in [2.05, 4.69) is 15.5 Å². The predicted molar refractivity (Wildman–Crippen MR) is 87.1 cm³/mol. The zero-order valence-electron chi connectivity index (χ0n) is 11.8. The molecule has 0 aliphatic carbocycles. The molecule has 0 aromatic carbocycles. The number of nitrogens with one attached hydrogen (secondary N) is 2. The van der Waals surface area contributed by atoms with Gasteiger partial charge in [-0.05, 0) is 37.4 Å². The fourth-order valence-corrected chi connectivity index (χ4v) is 3.21. The number of aromatic amines is 1. The number of hydrogen-bond acceptors (Lipinski definition) is 4. The molecule has 1 aliphatic rings. The number of carbonyl (C=O) groups excluding carboxylic acids is 1. The number of piperidine rings is 1. The van der Waals surface area contributed by atoms with E-state index < -0.39 is 0 Å². The molecule has 1 fully saturated rings. The standard InChI is InChI=1S/C14H18N4OS.ClH/c1-15-10-4-6-18(7-5-10)14(19)12-9-11(16-17-12)13-3-2-8-20-13;/h2-3,8-10,15H,4-7H2,1H3,(H,16,17);1H. The SMILES string of the molecule is CNC1CCN(C(=O)c2cc(-c3cccs3)[nH]n2)CC1.Cl. The van der Waals surface area contributed by atoms with Gasteiger partial charge in [0.2, 0.25) is 0 Å². The maximum atomic E-state index is 12.4. The molecule has 0 spiro atoms. The van der Waals surface area contributed by atoms with E-state index in [9.17, 15) is 4.79 Å². The Morgan fingerprint density at radius 3 is 2.86 bits per heavy atom. The zero-order chi connectivity index (χ0) is 13.9. The Morgan fingerprint density at radius 1 is 1.48 bits per heavy atom. The van der Waals surface area contributed by atoms with Crippen molar-refractivity contribution in [2.24, 2.45) is 0 Å². The summed E-state index contributed by atoms with van der Waals surface area (Å²) in [6.07, 6.45) is 2.01. The molecule has 0 atom stereocenters. The van der Waals surface area contributed by atoms with Crippen LogP contribution in [0, 0.1) is 0 Å². The molecule has 1 aliphatic heterocycles. The van der Waals surface area contributed by atoms with Gasteiger partial charge in [0.1, 0.15) is 0 Å². The average molecular weight is 327 g/mol. The number of halogens is 1. The minimum Gasteiger partial charge on any atom is -0.337 e. The third-order valence-corrected chi connectivity index (χ3v) is 4.68. The number of H-pyrrole nitrogens is 1. The highest BCUT2D eigenvalue weighted by molar-refractivity contribution is 7.13. The first-order valence-corrected chi connectivity index (χ1v) is 7.71. The fraction of sp³-hybridized carbons (Fsp3) is 0.429. The minimum atomic E-state index is 0. The zero-order valence-corrected chi connectivity index (χ0v) is 13.5. The molecule has 2 aromatic heterocycles. The van der Waals surface area contributed by atoms with Crippen LogP contribution in [0.5, 0.6) is 0 Å². The second-order valence-corrected chi connectivity index (χ2v) is 5.95. The van der Waals surface area contributed by atoms with Crippen molar-refractivity contribution >= 4 is 29.7 Å². The van der Waals surface area contributed by atoms with E-state index in [0.717, 1.165) is 36.5 Å². The second-order valence-electron chi connectivity index (χ2n) is 5.00. The molecular formula is C14H19ClN4OS. The van der Waals surface area contributed by atoms with Crippen LogP contribution in [0.15, 0.2) is 23.6 Å². The first-order valence-electron chi connectivity index (χ1n) is 6.84. The van der Waals surface area contributed by atoms with Crippen molar-refractivity contribution in [2.75, 3.05) is 20.1 Å². The van der Waals surface area contributed by atoms with E-state index in [-0.39, 0.29) is 18.3 Å². The molecule has 1 saturated heterocycles. The molecule has 0 unspecified atom stereocenters.